The van der Waals surface area contributed by atoms with Crippen LogP contribution in [0.15, 0.2) is 72.4 Å². The number of aromatic nitrogens is 3. The Balaban J connectivity index is 1.48. The van der Waals surface area contributed by atoms with Gasteiger partial charge in [0.1, 0.15) is 22.1 Å². The van der Waals surface area contributed by atoms with Crippen molar-refractivity contribution in [2.24, 2.45) is 0 Å². The monoisotopic (exact) mass is 578 g/mol. The van der Waals surface area contributed by atoms with E-state index in [0.29, 0.717) is 33.8 Å². The molecule has 2 heterocycles. The number of carbonyl (C=O) groups excluding carboxylic acids is 2. The second-order valence-electron chi connectivity index (χ2n) is 8.61. The quantitative estimate of drug-likeness (QED) is 0.121. The highest BCUT2D eigenvalue weighted by Crippen LogP contribution is 2.40. The van der Waals surface area contributed by atoms with Gasteiger partial charge in [-0.1, -0.05) is 48.2 Å². The van der Waals surface area contributed by atoms with Gasteiger partial charge in [0.15, 0.2) is 17.1 Å². The minimum Gasteiger partial charge on any atom is -0.497 e. The summed E-state index contributed by atoms with van der Waals surface area (Å²) >= 11 is 2.58. The Morgan fingerprint density at radius 3 is 2.45 bits per heavy atom. The fourth-order valence-electron chi connectivity index (χ4n) is 4.09. The molecule has 1 amide bonds. The van der Waals surface area contributed by atoms with Gasteiger partial charge in [0, 0.05) is 17.0 Å². The molecule has 2 aromatic carbocycles. The van der Waals surface area contributed by atoms with Crippen molar-refractivity contribution in [2.75, 3.05) is 25.3 Å². The first-order chi connectivity index (χ1) is 19.4. The molecule has 1 unspecified atom stereocenters. The maximum Gasteiger partial charge on any atom is 0.341 e. The van der Waals surface area contributed by atoms with Gasteiger partial charge in [-0.3, -0.25) is 9.36 Å². The van der Waals surface area contributed by atoms with E-state index in [2.05, 4.69) is 22.1 Å². The molecule has 0 fully saturated rings. The van der Waals surface area contributed by atoms with Crippen molar-refractivity contribution in [1.29, 1.82) is 0 Å². The van der Waals surface area contributed by atoms with E-state index >= 15 is 0 Å². The van der Waals surface area contributed by atoms with Crippen molar-refractivity contribution in [3.05, 3.63) is 83.5 Å². The Hall–Kier alpha value is -4.09. The smallest absolute Gasteiger partial charge is 0.341 e. The van der Waals surface area contributed by atoms with Gasteiger partial charge in [-0.2, -0.15) is 0 Å². The molecule has 0 radical (unpaired) electrons. The molecule has 11 heteroatoms. The first-order valence-electron chi connectivity index (χ1n) is 12.4. The summed E-state index contributed by atoms with van der Waals surface area (Å²) in [5.41, 5.74) is 1.97. The molecule has 0 saturated heterocycles. The van der Waals surface area contributed by atoms with Gasteiger partial charge >= 0.3 is 5.97 Å². The molecule has 208 valence electrons. The second kappa shape index (κ2) is 13.3. The van der Waals surface area contributed by atoms with Gasteiger partial charge < -0.3 is 19.5 Å². The number of hydrogen-bond acceptors (Lipinski definition) is 9. The Kier molecular flexibility index (Phi) is 9.62. The summed E-state index contributed by atoms with van der Waals surface area (Å²) < 4.78 is 18.2. The number of carbonyl (C=O) groups is 2. The summed E-state index contributed by atoms with van der Waals surface area (Å²) in [6.45, 7) is 8.08. The number of anilines is 1. The van der Waals surface area contributed by atoms with Crippen LogP contribution in [0.2, 0.25) is 0 Å². The average Bonchev–Trinajstić information content (AvgIpc) is 3.52. The van der Waals surface area contributed by atoms with Crippen LogP contribution in [0.3, 0.4) is 0 Å². The van der Waals surface area contributed by atoms with Crippen molar-refractivity contribution in [3.8, 4) is 22.6 Å². The minimum absolute atomic E-state index is 0.0568. The van der Waals surface area contributed by atoms with Crippen LogP contribution < -0.4 is 14.8 Å². The number of allylic oxidation sites excluding steroid dienone is 1. The van der Waals surface area contributed by atoms with Crippen LogP contribution in [-0.4, -0.2) is 46.6 Å². The lowest BCUT2D eigenvalue weighted by Crippen LogP contribution is -2.17. The highest BCUT2D eigenvalue weighted by molar-refractivity contribution is 7.99. The normalized spacial score (nSPS) is 11.5. The Morgan fingerprint density at radius 2 is 1.80 bits per heavy atom. The largest absolute Gasteiger partial charge is 0.497 e. The molecular weight excluding hydrogens is 548 g/mol. The molecule has 0 aliphatic heterocycles. The standard InChI is InChI=1S/C29H30N4O5S2/c1-6-16-33-26(18(2)38-22-14-12-21(36-4)13-15-22)31-32-29(33)39-17-23(34)30-27-25(28(35)37-5)24(19(3)40-27)20-10-8-7-9-11-20/h6-15,18H,1,16-17H2,2-5H3,(H,30,34). The Labute approximate surface area is 241 Å². The molecule has 2 aromatic heterocycles. The van der Waals surface area contributed by atoms with Crippen LogP contribution in [0.4, 0.5) is 5.00 Å². The van der Waals surface area contributed by atoms with E-state index in [4.69, 9.17) is 14.2 Å². The van der Waals surface area contributed by atoms with Gasteiger partial charge in [-0.25, -0.2) is 4.79 Å². The number of nitrogens with one attached hydrogen (secondary N) is 1. The zero-order valence-electron chi connectivity index (χ0n) is 22.7. The number of nitrogens with zero attached hydrogens (tertiary/aromatic N) is 3. The van der Waals surface area contributed by atoms with Crippen LogP contribution in [0, 0.1) is 6.92 Å². The number of aryl methyl sites for hydroxylation is 1. The third kappa shape index (κ3) is 6.54. The molecule has 4 rings (SSSR count). The van der Waals surface area contributed by atoms with E-state index < -0.39 is 12.1 Å². The molecule has 9 nitrogen and oxygen atoms in total. The molecule has 0 aliphatic rings. The van der Waals surface area contributed by atoms with Crippen LogP contribution in [0.1, 0.15) is 34.1 Å². The van der Waals surface area contributed by atoms with Crippen LogP contribution in [-0.2, 0) is 16.1 Å². The lowest BCUT2D eigenvalue weighted by molar-refractivity contribution is -0.113. The number of rotatable bonds is 12. The lowest BCUT2D eigenvalue weighted by Gasteiger charge is -2.16. The van der Waals surface area contributed by atoms with E-state index in [1.807, 2.05) is 73.0 Å². The summed E-state index contributed by atoms with van der Waals surface area (Å²) in [7, 11) is 2.94. The first-order valence-corrected chi connectivity index (χ1v) is 14.2. The zero-order valence-corrected chi connectivity index (χ0v) is 24.3. The third-order valence-electron chi connectivity index (χ3n) is 5.91. The zero-order chi connectivity index (χ0) is 28.6. The number of benzene rings is 2. The second-order valence-corrected chi connectivity index (χ2v) is 10.8. The molecule has 1 atom stereocenters. The van der Waals surface area contributed by atoms with E-state index in [9.17, 15) is 9.59 Å². The maximum absolute atomic E-state index is 13.0. The number of esters is 1. The molecule has 0 spiro atoms. The highest BCUT2D eigenvalue weighted by Gasteiger charge is 2.26. The molecule has 40 heavy (non-hydrogen) atoms. The summed E-state index contributed by atoms with van der Waals surface area (Å²) in [6.07, 6.45) is 1.33. The van der Waals surface area contributed by atoms with Gasteiger partial charge in [0.25, 0.3) is 0 Å². The Morgan fingerprint density at radius 1 is 1.10 bits per heavy atom. The van der Waals surface area contributed by atoms with Crippen LogP contribution in [0.25, 0.3) is 11.1 Å². The SMILES string of the molecule is C=CCn1c(SCC(=O)Nc2sc(C)c(-c3ccccc3)c2C(=O)OC)nnc1C(C)Oc1ccc(OC)cc1. The molecule has 0 saturated carbocycles. The lowest BCUT2D eigenvalue weighted by atomic mass is 10.0. The molecule has 0 aliphatic carbocycles. The predicted molar refractivity (Wildman–Crippen MR) is 157 cm³/mol. The highest BCUT2D eigenvalue weighted by atomic mass is 32.2. The summed E-state index contributed by atoms with van der Waals surface area (Å²) in [5, 5.41) is 12.5. The maximum atomic E-state index is 13.0. The van der Waals surface area contributed by atoms with Gasteiger partial charge in [-0.05, 0) is 43.7 Å². The van der Waals surface area contributed by atoms with Crippen molar-refractivity contribution >= 4 is 40.0 Å². The van der Waals surface area contributed by atoms with Crippen molar-refractivity contribution < 1.29 is 23.8 Å². The topological polar surface area (TPSA) is 105 Å². The van der Waals surface area contributed by atoms with Gasteiger partial charge in [0.2, 0.25) is 5.91 Å². The minimum atomic E-state index is -0.507. The van der Waals surface area contributed by atoms with Crippen molar-refractivity contribution in [2.45, 2.75) is 31.7 Å². The molecule has 0 bridgehead atoms. The molecule has 4 aromatic rings. The average molecular weight is 579 g/mol. The number of thioether (sulfide) groups is 1. The Bertz CT molecular complexity index is 1480. The number of methoxy groups -OCH3 is 2. The van der Waals surface area contributed by atoms with E-state index in [-0.39, 0.29) is 11.7 Å². The fraction of sp³-hybridized carbons (Fsp3) is 0.241. The predicted octanol–water partition coefficient (Wildman–Crippen LogP) is 6.17. The third-order valence-corrected chi connectivity index (χ3v) is 7.90. The first kappa shape index (κ1) is 28.9. The number of amides is 1. The summed E-state index contributed by atoms with van der Waals surface area (Å²) in [4.78, 5) is 26.6. The van der Waals surface area contributed by atoms with Crippen molar-refractivity contribution in [1.82, 2.24) is 14.8 Å². The fourth-order valence-corrected chi connectivity index (χ4v) is 5.93. The summed E-state index contributed by atoms with van der Waals surface area (Å²) in [5.74, 6) is 1.27. The van der Waals surface area contributed by atoms with Crippen LogP contribution >= 0.6 is 23.1 Å². The number of ether oxygens (including phenoxy) is 3. The van der Waals surface area contributed by atoms with Crippen LogP contribution in [0.5, 0.6) is 11.5 Å². The van der Waals surface area contributed by atoms with E-state index in [1.54, 1.807) is 13.2 Å². The number of thiophene rings is 1. The number of hydrogen-bond donors (Lipinski definition) is 1. The van der Waals surface area contributed by atoms with Gasteiger partial charge in [0.05, 0.1) is 20.0 Å². The van der Waals surface area contributed by atoms with E-state index in [1.165, 1.54) is 30.2 Å². The summed E-state index contributed by atoms with van der Waals surface area (Å²) in [6, 6.07) is 16.8. The molecule has 1 N–H and O–H groups in total. The van der Waals surface area contributed by atoms with Gasteiger partial charge in [-0.15, -0.1) is 28.1 Å². The molecular formula is C29H30N4O5S2. The van der Waals surface area contributed by atoms with E-state index in [0.717, 1.165) is 21.8 Å². The van der Waals surface area contributed by atoms with Crippen molar-refractivity contribution in [3.63, 3.8) is 0 Å².